The van der Waals surface area contributed by atoms with Gasteiger partial charge in [-0.05, 0) is 30.7 Å². The van der Waals surface area contributed by atoms with E-state index in [1.54, 1.807) is 12.1 Å². The Balaban J connectivity index is 2.09. The van der Waals surface area contributed by atoms with E-state index < -0.39 is 5.97 Å². The first-order valence-electron chi connectivity index (χ1n) is 6.40. The summed E-state index contributed by atoms with van der Waals surface area (Å²) in [4.78, 5) is 12.9. The predicted molar refractivity (Wildman–Crippen MR) is 72.0 cm³/mol. The van der Waals surface area contributed by atoms with Gasteiger partial charge in [-0.25, -0.2) is 0 Å². The molecule has 1 aliphatic rings. The summed E-state index contributed by atoms with van der Waals surface area (Å²) in [5, 5.41) is 20.9. The Morgan fingerprint density at radius 1 is 1.47 bits per heavy atom. The zero-order valence-corrected chi connectivity index (χ0v) is 10.7. The van der Waals surface area contributed by atoms with Gasteiger partial charge in [0, 0.05) is 37.8 Å². The van der Waals surface area contributed by atoms with Crippen LogP contribution < -0.4 is 10.2 Å². The molecule has 100 valence electrons. The minimum Gasteiger partial charge on any atom is -0.481 e. The van der Waals surface area contributed by atoms with E-state index in [0.29, 0.717) is 12.0 Å². The number of piperazine rings is 1. The van der Waals surface area contributed by atoms with Gasteiger partial charge in [-0.2, -0.15) is 5.26 Å². The van der Waals surface area contributed by atoms with Crippen molar-refractivity contribution in [2.75, 3.05) is 24.5 Å². The molecule has 2 N–H and O–H groups in total. The monoisotopic (exact) mass is 259 g/mol. The third-order valence-corrected chi connectivity index (χ3v) is 3.37. The van der Waals surface area contributed by atoms with Crippen LogP contribution in [0.15, 0.2) is 24.3 Å². The van der Waals surface area contributed by atoms with Crippen LogP contribution in [0.4, 0.5) is 5.69 Å². The number of benzene rings is 1. The summed E-state index contributed by atoms with van der Waals surface area (Å²) in [6.45, 7) is 2.55. The summed E-state index contributed by atoms with van der Waals surface area (Å²) < 4.78 is 0. The van der Waals surface area contributed by atoms with Crippen LogP contribution in [0.1, 0.15) is 18.4 Å². The molecule has 1 heterocycles. The van der Waals surface area contributed by atoms with E-state index >= 15 is 0 Å². The highest BCUT2D eigenvalue weighted by atomic mass is 16.4. The predicted octanol–water partition coefficient (Wildman–Crippen LogP) is 1.20. The number of hydrogen-bond acceptors (Lipinski definition) is 4. The van der Waals surface area contributed by atoms with Gasteiger partial charge in [-0.1, -0.05) is 0 Å². The van der Waals surface area contributed by atoms with Gasteiger partial charge < -0.3 is 15.3 Å². The molecule has 1 unspecified atom stereocenters. The second-order valence-electron chi connectivity index (χ2n) is 4.64. The molecule has 5 nitrogen and oxygen atoms in total. The summed E-state index contributed by atoms with van der Waals surface area (Å²) in [5.41, 5.74) is 1.69. The average molecular weight is 259 g/mol. The molecule has 0 spiro atoms. The maximum Gasteiger partial charge on any atom is 0.303 e. The van der Waals surface area contributed by atoms with Gasteiger partial charge >= 0.3 is 5.97 Å². The number of carboxylic acid groups (broad SMARTS) is 1. The first-order valence-corrected chi connectivity index (χ1v) is 6.40. The number of carbonyl (C=O) groups is 1. The minimum absolute atomic E-state index is 0.180. The van der Waals surface area contributed by atoms with Crippen molar-refractivity contribution in [3.63, 3.8) is 0 Å². The highest BCUT2D eigenvalue weighted by Gasteiger charge is 2.22. The van der Waals surface area contributed by atoms with Crippen LogP contribution in [0.3, 0.4) is 0 Å². The molecule has 19 heavy (non-hydrogen) atoms. The van der Waals surface area contributed by atoms with E-state index in [1.807, 2.05) is 12.1 Å². The first-order chi connectivity index (χ1) is 9.20. The summed E-state index contributed by atoms with van der Waals surface area (Å²) in [6.07, 6.45) is 0.807. The van der Waals surface area contributed by atoms with E-state index in [-0.39, 0.29) is 12.5 Å². The van der Waals surface area contributed by atoms with E-state index in [2.05, 4.69) is 16.3 Å². The number of nitriles is 1. The zero-order valence-electron chi connectivity index (χ0n) is 10.7. The molecular formula is C14H17N3O2. The molecule has 0 amide bonds. The molecule has 1 atom stereocenters. The number of carboxylic acids is 1. The quantitative estimate of drug-likeness (QED) is 0.849. The normalized spacial score (nSPS) is 18.9. The molecule has 2 rings (SSSR count). The van der Waals surface area contributed by atoms with Crippen molar-refractivity contribution in [2.24, 2.45) is 0 Å². The molecule has 0 saturated carbocycles. The van der Waals surface area contributed by atoms with Crippen LogP contribution in [0.25, 0.3) is 0 Å². The van der Waals surface area contributed by atoms with Crippen LogP contribution in [0, 0.1) is 11.3 Å². The second-order valence-corrected chi connectivity index (χ2v) is 4.64. The van der Waals surface area contributed by atoms with Gasteiger partial charge in [0.05, 0.1) is 11.6 Å². The van der Waals surface area contributed by atoms with Crippen LogP contribution in [-0.4, -0.2) is 36.8 Å². The summed E-state index contributed by atoms with van der Waals surface area (Å²) >= 11 is 0. The molecule has 0 aliphatic carbocycles. The van der Waals surface area contributed by atoms with Crippen LogP contribution in [-0.2, 0) is 4.79 Å². The Morgan fingerprint density at radius 3 is 2.84 bits per heavy atom. The zero-order chi connectivity index (χ0) is 13.7. The van der Waals surface area contributed by atoms with Crippen LogP contribution in [0.2, 0.25) is 0 Å². The van der Waals surface area contributed by atoms with Gasteiger partial charge in [0.1, 0.15) is 0 Å². The second kappa shape index (κ2) is 6.21. The van der Waals surface area contributed by atoms with Crippen molar-refractivity contribution >= 4 is 11.7 Å². The van der Waals surface area contributed by atoms with E-state index in [0.717, 1.165) is 25.3 Å². The number of aliphatic carboxylic acids is 1. The minimum atomic E-state index is -0.759. The van der Waals surface area contributed by atoms with E-state index in [9.17, 15) is 4.79 Å². The number of rotatable bonds is 4. The highest BCUT2D eigenvalue weighted by molar-refractivity contribution is 5.66. The molecule has 0 bridgehead atoms. The van der Waals surface area contributed by atoms with Gasteiger partial charge in [0.15, 0.2) is 0 Å². The molecule has 5 heteroatoms. The lowest BCUT2D eigenvalue weighted by molar-refractivity contribution is -0.137. The van der Waals surface area contributed by atoms with Gasteiger partial charge in [0.25, 0.3) is 0 Å². The van der Waals surface area contributed by atoms with Gasteiger partial charge in [0.2, 0.25) is 0 Å². The number of hydrogen-bond donors (Lipinski definition) is 2. The summed E-state index contributed by atoms with van der Waals surface area (Å²) in [7, 11) is 0. The Labute approximate surface area is 112 Å². The molecule has 0 aromatic heterocycles. The molecule has 1 aromatic rings. The fourth-order valence-electron chi connectivity index (χ4n) is 2.38. The fraction of sp³-hybridized carbons (Fsp3) is 0.429. The lowest BCUT2D eigenvalue weighted by Crippen LogP contribution is -2.51. The summed E-state index contributed by atoms with van der Waals surface area (Å²) in [6, 6.07) is 9.74. The fourth-order valence-corrected chi connectivity index (χ4v) is 2.38. The van der Waals surface area contributed by atoms with Crippen LogP contribution >= 0.6 is 0 Å². The van der Waals surface area contributed by atoms with Crippen LogP contribution in [0.5, 0.6) is 0 Å². The lowest BCUT2D eigenvalue weighted by Gasteiger charge is -2.38. The Kier molecular flexibility index (Phi) is 4.37. The lowest BCUT2D eigenvalue weighted by atomic mass is 10.1. The molecule has 1 fully saturated rings. The molecular weight excluding hydrogens is 242 g/mol. The topological polar surface area (TPSA) is 76.4 Å². The van der Waals surface area contributed by atoms with Crippen molar-refractivity contribution in [3.8, 4) is 6.07 Å². The first kappa shape index (κ1) is 13.4. The van der Waals surface area contributed by atoms with Crippen molar-refractivity contribution in [2.45, 2.75) is 18.9 Å². The molecule has 1 aliphatic heterocycles. The molecule has 1 aromatic carbocycles. The highest BCUT2D eigenvalue weighted by Crippen LogP contribution is 2.21. The SMILES string of the molecule is N#Cc1ccc(N2CCNCC2CCC(=O)O)cc1. The molecule has 0 radical (unpaired) electrons. The number of nitrogens with zero attached hydrogens (tertiary/aromatic N) is 2. The largest absolute Gasteiger partial charge is 0.481 e. The maximum absolute atomic E-state index is 10.7. The Morgan fingerprint density at radius 2 is 2.21 bits per heavy atom. The summed E-state index contributed by atoms with van der Waals surface area (Å²) in [5.74, 6) is -0.759. The third-order valence-electron chi connectivity index (χ3n) is 3.37. The molecule has 1 saturated heterocycles. The number of nitrogens with one attached hydrogen (secondary N) is 1. The maximum atomic E-state index is 10.7. The number of anilines is 1. The van der Waals surface area contributed by atoms with E-state index in [4.69, 9.17) is 10.4 Å². The standard InChI is InChI=1S/C14H17N3O2/c15-9-11-1-3-12(4-2-11)17-8-7-16-10-13(17)5-6-14(18)19/h1-4,13,16H,5-8,10H2,(H,18,19). The van der Waals surface area contributed by atoms with Crippen molar-refractivity contribution in [1.29, 1.82) is 5.26 Å². The van der Waals surface area contributed by atoms with Crippen molar-refractivity contribution in [1.82, 2.24) is 5.32 Å². The van der Waals surface area contributed by atoms with Crippen molar-refractivity contribution in [3.05, 3.63) is 29.8 Å². The average Bonchev–Trinajstić information content (AvgIpc) is 2.45. The smallest absolute Gasteiger partial charge is 0.303 e. The van der Waals surface area contributed by atoms with Gasteiger partial charge in [-0.15, -0.1) is 0 Å². The van der Waals surface area contributed by atoms with Crippen molar-refractivity contribution < 1.29 is 9.90 Å². The van der Waals surface area contributed by atoms with E-state index in [1.165, 1.54) is 0 Å². The van der Waals surface area contributed by atoms with Gasteiger partial charge in [-0.3, -0.25) is 4.79 Å². The Hall–Kier alpha value is -2.06. The third kappa shape index (κ3) is 3.46. The Bertz CT molecular complexity index is 478.